The minimum Gasteiger partial charge on any atom is -0.491 e. The molecule has 1 aliphatic rings. The number of carbonyl (C=O) groups is 2. The van der Waals surface area contributed by atoms with Gasteiger partial charge in [-0.2, -0.15) is 0 Å². The van der Waals surface area contributed by atoms with E-state index >= 15 is 0 Å². The van der Waals surface area contributed by atoms with E-state index in [1.165, 1.54) is 4.90 Å². The Bertz CT molecular complexity index is 1160. The van der Waals surface area contributed by atoms with Gasteiger partial charge in [0.05, 0.1) is 11.4 Å². The molecule has 0 bridgehead atoms. The highest BCUT2D eigenvalue weighted by Gasteiger charge is 2.35. The maximum absolute atomic E-state index is 12.8. The predicted octanol–water partition coefficient (Wildman–Crippen LogP) is 5.39. The van der Waals surface area contributed by atoms with Gasteiger partial charge < -0.3 is 9.30 Å². The Morgan fingerprint density at radius 1 is 1.07 bits per heavy atom. The number of thioether (sulfide) groups is 1. The molecule has 0 spiro atoms. The summed E-state index contributed by atoms with van der Waals surface area (Å²) in [7, 11) is 0. The average molecular weight is 421 g/mol. The fourth-order valence-electron chi connectivity index (χ4n) is 3.86. The van der Waals surface area contributed by atoms with E-state index in [4.69, 9.17) is 4.74 Å². The van der Waals surface area contributed by atoms with Crippen LogP contribution in [0.3, 0.4) is 0 Å². The number of aromatic nitrogens is 1. The maximum Gasteiger partial charge on any atom is 0.293 e. The van der Waals surface area contributed by atoms with Gasteiger partial charge in [-0.3, -0.25) is 14.5 Å². The van der Waals surface area contributed by atoms with Crippen molar-refractivity contribution in [3.05, 3.63) is 70.4 Å². The highest BCUT2D eigenvalue weighted by Crippen LogP contribution is 2.33. The Morgan fingerprint density at radius 3 is 2.60 bits per heavy atom. The molecule has 0 N–H and O–H groups in total. The zero-order chi connectivity index (χ0) is 21.3. The van der Waals surface area contributed by atoms with Crippen molar-refractivity contribution in [1.29, 1.82) is 0 Å². The summed E-state index contributed by atoms with van der Waals surface area (Å²) in [6, 6.07) is 15.9. The molecule has 0 atom stereocenters. The summed E-state index contributed by atoms with van der Waals surface area (Å²) in [4.78, 5) is 26.9. The SMILES string of the molecule is CCn1c(C)cc(/C=C2\SC(=O)N(CCOc3cccc4ccccc34)C2=O)c1C. The predicted molar refractivity (Wildman–Crippen MR) is 122 cm³/mol. The molecule has 3 aromatic rings. The van der Waals surface area contributed by atoms with Crippen molar-refractivity contribution in [3.8, 4) is 5.75 Å². The maximum atomic E-state index is 12.8. The van der Waals surface area contributed by atoms with Crippen LogP contribution in [0.25, 0.3) is 16.8 Å². The van der Waals surface area contributed by atoms with E-state index in [0.29, 0.717) is 4.91 Å². The second kappa shape index (κ2) is 8.40. The Labute approximate surface area is 180 Å². The Hall–Kier alpha value is -2.99. The second-order valence-corrected chi connectivity index (χ2v) is 8.22. The van der Waals surface area contributed by atoms with Crippen molar-refractivity contribution in [2.45, 2.75) is 27.3 Å². The molecule has 1 fully saturated rings. The number of fused-ring (bicyclic) bond motifs is 1. The van der Waals surface area contributed by atoms with Crippen LogP contribution < -0.4 is 4.74 Å². The van der Waals surface area contributed by atoms with Gasteiger partial charge in [-0.1, -0.05) is 36.4 Å². The molecule has 1 aromatic heterocycles. The van der Waals surface area contributed by atoms with Gasteiger partial charge in [-0.05, 0) is 61.7 Å². The van der Waals surface area contributed by atoms with Crippen LogP contribution in [0.2, 0.25) is 0 Å². The molecule has 5 nitrogen and oxygen atoms in total. The lowest BCUT2D eigenvalue weighted by atomic mass is 10.1. The van der Waals surface area contributed by atoms with Gasteiger partial charge in [0.15, 0.2) is 0 Å². The summed E-state index contributed by atoms with van der Waals surface area (Å²) in [6.07, 6.45) is 1.82. The molecule has 2 amide bonds. The molecule has 4 rings (SSSR count). The summed E-state index contributed by atoms with van der Waals surface area (Å²) >= 11 is 0.991. The summed E-state index contributed by atoms with van der Waals surface area (Å²) in [5, 5.41) is 1.85. The summed E-state index contributed by atoms with van der Waals surface area (Å²) in [6.45, 7) is 7.52. The van der Waals surface area contributed by atoms with Gasteiger partial charge >= 0.3 is 0 Å². The number of nitrogens with zero attached hydrogens (tertiary/aromatic N) is 2. The number of aryl methyl sites for hydroxylation is 1. The van der Waals surface area contributed by atoms with E-state index < -0.39 is 0 Å². The van der Waals surface area contributed by atoms with Crippen molar-refractivity contribution in [1.82, 2.24) is 9.47 Å². The number of carbonyl (C=O) groups excluding carboxylic acids is 2. The number of amides is 2. The number of hydrogen-bond acceptors (Lipinski definition) is 4. The standard InChI is InChI=1S/C24H24N2O3S/c1-4-25-16(2)14-19(17(25)3)15-22-23(27)26(24(28)30-22)12-13-29-21-11-7-9-18-8-5-6-10-20(18)21/h5-11,14-15H,4,12-13H2,1-3H3/b22-15-. The first-order chi connectivity index (χ1) is 14.5. The van der Waals surface area contributed by atoms with Crippen LogP contribution in [-0.4, -0.2) is 33.8 Å². The van der Waals surface area contributed by atoms with E-state index in [1.807, 2.05) is 62.4 Å². The van der Waals surface area contributed by atoms with Gasteiger partial charge in [0.1, 0.15) is 12.4 Å². The number of rotatable bonds is 6. The highest BCUT2D eigenvalue weighted by atomic mass is 32.2. The van der Waals surface area contributed by atoms with Crippen molar-refractivity contribution < 1.29 is 14.3 Å². The minimum atomic E-state index is -0.257. The smallest absolute Gasteiger partial charge is 0.293 e. The molecule has 30 heavy (non-hydrogen) atoms. The zero-order valence-electron chi connectivity index (χ0n) is 17.3. The summed E-state index contributed by atoms with van der Waals surface area (Å²) in [5.41, 5.74) is 3.22. The molecule has 6 heteroatoms. The normalized spacial score (nSPS) is 15.6. The molecule has 0 unspecified atom stereocenters. The van der Waals surface area contributed by atoms with Crippen LogP contribution >= 0.6 is 11.8 Å². The van der Waals surface area contributed by atoms with Gasteiger partial charge in [0.25, 0.3) is 11.1 Å². The molecule has 154 valence electrons. The lowest BCUT2D eigenvalue weighted by molar-refractivity contribution is -0.123. The number of hydrogen-bond donors (Lipinski definition) is 0. The quantitative estimate of drug-likeness (QED) is 0.502. The first-order valence-corrected chi connectivity index (χ1v) is 10.8. The van der Waals surface area contributed by atoms with Crippen molar-refractivity contribution in [2.24, 2.45) is 0 Å². The minimum absolute atomic E-state index is 0.221. The van der Waals surface area contributed by atoms with Gasteiger partial charge in [-0.25, -0.2) is 0 Å². The van der Waals surface area contributed by atoms with Gasteiger partial charge in [-0.15, -0.1) is 0 Å². The zero-order valence-corrected chi connectivity index (χ0v) is 18.2. The third-order valence-corrected chi connectivity index (χ3v) is 6.32. The van der Waals surface area contributed by atoms with E-state index in [0.717, 1.165) is 51.8 Å². The molecule has 1 aliphatic heterocycles. The first kappa shape index (κ1) is 20.3. The largest absolute Gasteiger partial charge is 0.491 e. The molecule has 0 radical (unpaired) electrons. The molecule has 2 aromatic carbocycles. The van der Waals surface area contributed by atoms with Crippen molar-refractivity contribution in [3.63, 3.8) is 0 Å². The van der Waals surface area contributed by atoms with Gasteiger partial charge in [0.2, 0.25) is 0 Å². The third-order valence-electron chi connectivity index (χ3n) is 5.41. The molecule has 0 saturated carbocycles. The van der Waals surface area contributed by atoms with E-state index in [-0.39, 0.29) is 24.3 Å². The molecule has 2 heterocycles. The van der Waals surface area contributed by atoms with Crippen LogP contribution in [-0.2, 0) is 11.3 Å². The first-order valence-electron chi connectivity index (χ1n) is 10.0. The lowest BCUT2D eigenvalue weighted by Crippen LogP contribution is -2.32. The summed E-state index contributed by atoms with van der Waals surface area (Å²) < 4.78 is 8.09. The van der Waals surface area contributed by atoms with Crippen LogP contribution in [0, 0.1) is 13.8 Å². The van der Waals surface area contributed by atoms with Crippen molar-refractivity contribution in [2.75, 3.05) is 13.2 Å². The lowest BCUT2D eigenvalue weighted by Gasteiger charge is -2.14. The molecule has 0 aliphatic carbocycles. The third kappa shape index (κ3) is 3.75. The van der Waals surface area contributed by atoms with Crippen LogP contribution in [0.5, 0.6) is 5.75 Å². The topological polar surface area (TPSA) is 51.5 Å². The highest BCUT2D eigenvalue weighted by molar-refractivity contribution is 8.18. The Kier molecular flexibility index (Phi) is 5.68. The number of ether oxygens (including phenoxy) is 1. The number of benzene rings is 2. The molecular formula is C24H24N2O3S. The van der Waals surface area contributed by atoms with E-state index in [1.54, 1.807) is 0 Å². The summed E-state index contributed by atoms with van der Waals surface area (Å²) in [5.74, 6) is 0.496. The van der Waals surface area contributed by atoms with Crippen LogP contribution in [0.4, 0.5) is 4.79 Å². The van der Waals surface area contributed by atoms with Crippen LogP contribution in [0.1, 0.15) is 23.9 Å². The Balaban J connectivity index is 1.46. The number of imide groups is 1. The van der Waals surface area contributed by atoms with E-state index in [2.05, 4.69) is 17.6 Å². The molecular weight excluding hydrogens is 396 g/mol. The fraction of sp³-hybridized carbons (Fsp3) is 0.250. The molecule has 1 saturated heterocycles. The van der Waals surface area contributed by atoms with Gasteiger partial charge in [0, 0.05) is 23.3 Å². The second-order valence-electron chi connectivity index (χ2n) is 7.23. The van der Waals surface area contributed by atoms with E-state index in [9.17, 15) is 9.59 Å². The monoisotopic (exact) mass is 420 g/mol. The Morgan fingerprint density at radius 2 is 1.83 bits per heavy atom. The average Bonchev–Trinajstić information content (AvgIpc) is 3.17. The fourth-order valence-corrected chi connectivity index (χ4v) is 4.72. The van der Waals surface area contributed by atoms with Crippen LogP contribution in [0.15, 0.2) is 53.4 Å². The van der Waals surface area contributed by atoms with Crippen molar-refractivity contribution >= 4 is 39.8 Å².